The molecule has 0 aliphatic heterocycles. The summed E-state index contributed by atoms with van der Waals surface area (Å²) in [6, 6.07) is 14.4. The average molecular weight is 396 g/mol. The Morgan fingerprint density at radius 3 is 2.68 bits per heavy atom. The minimum absolute atomic E-state index is 0.304. The number of benzene rings is 2. The Morgan fingerprint density at radius 2 is 1.93 bits per heavy atom. The number of nitrogens with one attached hydrogen (secondary N) is 2. The number of nitrogens with zero attached hydrogens (tertiary/aromatic N) is 1. The largest absolute Gasteiger partial charge is 0.497 e. The summed E-state index contributed by atoms with van der Waals surface area (Å²) in [5.41, 5.74) is 3.34. The molecule has 0 saturated heterocycles. The Balaban J connectivity index is 1.47. The topological polar surface area (TPSA) is 55.4 Å². The summed E-state index contributed by atoms with van der Waals surface area (Å²) < 4.78 is 14.3. The van der Waals surface area contributed by atoms with E-state index in [0.29, 0.717) is 12.1 Å². The van der Waals surface area contributed by atoms with Crippen LogP contribution in [0.1, 0.15) is 25.3 Å². The molecule has 28 heavy (non-hydrogen) atoms. The molecule has 0 radical (unpaired) electrons. The minimum atomic E-state index is 0.304. The van der Waals surface area contributed by atoms with Crippen LogP contribution in [0.5, 0.6) is 11.5 Å². The van der Waals surface area contributed by atoms with Gasteiger partial charge in [-0.2, -0.15) is 0 Å². The molecule has 0 unspecified atom stereocenters. The van der Waals surface area contributed by atoms with E-state index in [2.05, 4.69) is 46.2 Å². The van der Waals surface area contributed by atoms with Gasteiger partial charge in [-0.05, 0) is 68.1 Å². The van der Waals surface area contributed by atoms with Crippen molar-refractivity contribution in [3.8, 4) is 11.5 Å². The highest BCUT2D eigenvalue weighted by Gasteiger charge is 2.36. The van der Waals surface area contributed by atoms with Crippen LogP contribution in [-0.2, 0) is 6.54 Å². The van der Waals surface area contributed by atoms with Crippen molar-refractivity contribution in [1.29, 1.82) is 0 Å². The van der Waals surface area contributed by atoms with Gasteiger partial charge in [0.1, 0.15) is 11.5 Å². The number of fused-ring (bicyclic) bond motifs is 1. The maximum atomic E-state index is 5.48. The van der Waals surface area contributed by atoms with Gasteiger partial charge in [-0.1, -0.05) is 0 Å². The molecule has 5 nitrogen and oxygen atoms in total. The molecule has 2 N–H and O–H groups in total. The van der Waals surface area contributed by atoms with Crippen LogP contribution in [0.3, 0.4) is 0 Å². The molecule has 1 saturated carbocycles. The van der Waals surface area contributed by atoms with Crippen molar-refractivity contribution < 1.29 is 9.47 Å². The number of hydrogen-bond acceptors (Lipinski definition) is 6. The van der Waals surface area contributed by atoms with E-state index >= 15 is 0 Å². The van der Waals surface area contributed by atoms with E-state index in [0.717, 1.165) is 33.7 Å². The zero-order chi connectivity index (χ0) is 19.6. The van der Waals surface area contributed by atoms with Crippen LogP contribution in [0.15, 0.2) is 53.6 Å². The zero-order valence-electron chi connectivity index (χ0n) is 16.4. The van der Waals surface area contributed by atoms with Gasteiger partial charge in [0.05, 0.1) is 31.6 Å². The van der Waals surface area contributed by atoms with Crippen molar-refractivity contribution in [2.45, 2.75) is 36.7 Å². The fraction of sp³-hybridized carbons (Fsp3) is 0.318. The standard InChI is InChI=1S/C22H25N3O2S/c1-22(8-9-22)25-28-19-6-7-20-16(11-19)10-17(14-24-20)23-13-15-4-5-18(26-2)12-21(15)27-3/h4-7,10-12,14,23,25H,8-9,13H2,1-3H3. The van der Waals surface area contributed by atoms with Gasteiger partial charge in [0.25, 0.3) is 0 Å². The highest BCUT2D eigenvalue weighted by molar-refractivity contribution is 7.97. The lowest BCUT2D eigenvalue weighted by Gasteiger charge is -2.13. The van der Waals surface area contributed by atoms with Crippen LogP contribution in [0, 0.1) is 0 Å². The second-order valence-electron chi connectivity index (χ2n) is 7.37. The first kappa shape index (κ1) is 18.9. The van der Waals surface area contributed by atoms with Gasteiger partial charge >= 0.3 is 0 Å². The number of ether oxygens (including phenoxy) is 2. The van der Waals surface area contributed by atoms with Crippen LogP contribution in [0.25, 0.3) is 10.9 Å². The number of pyridine rings is 1. The highest BCUT2D eigenvalue weighted by Crippen LogP contribution is 2.37. The Bertz CT molecular complexity index is 989. The van der Waals surface area contributed by atoms with Crippen molar-refractivity contribution in [2.24, 2.45) is 0 Å². The molecule has 4 rings (SSSR count). The maximum Gasteiger partial charge on any atom is 0.127 e. The minimum Gasteiger partial charge on any atom is -0.497 e. The summed E-state index contributed by atoms with van der Waals surface area (Å²) >= 11 is 1.70. The van der Waals surface area contributed by atoms with Crippen molar-refractivity contribution >= 4 is 28.5 Å². The van der Waals surface area contributed by atoms with Crippen molar-refractivity contribution in [3.63, 3.8) is 0 Å². The molecule has 0 bridgehead atoms. The maximum absolute atomic E-state index is 5.48. The lowest BCUT2D eigenvalue weighted by Crippen LogP contribution is -2.19. The van der Waals surface area contributed by atoms with Gasteiger partial charge in [0, 0.05) is 34.0 Å². The van der Waals surface area contributed by atoms with E-state index in [-0.39, 0.29) is 0 Å². The van der Waals surface area contributed by atoms with E-state index in [1.807, 2.05) is 24.4 Å². The smallest absolute Gasteiger partial charge is 0.127 e. The lowest BCUT2D eigenvalue weighted by molar-refractivity contribution is 0.391. The molecule has 1 heterocycles. The number of methoxy groups -OCH3 is 2. The van der Waals surface area contributed by atoms with Crippen LogP contribution in [0.4, 0.5) is 5.69 Å². The SMILES string of the molecule is COc1ccc(CNc2cnc3ccc(SNC4(C)CC4)cc3c2)c(OC)c1. The van der Waals surface area contributed by atoms with E-state index in [4.69, 9.17) is 9.47 Å². The number of anilines is 1. The first-order chi connectivity index (χ1) is 13.6. The third-order valence-electron chi connectivity index (χ3n) is 5.05. The Labute approximate surface area is 170 Å². The van der Waals surface area contributed by atoms with Gasteiger partial charge < -0.3 is 14.8 Å². The molecule has 0 amide bonds. The summed E-state index contributed by atoms with van der Waals surface area (Å²) in [6.07, 6.45) is 4.37. The van der Waals surface area contributed by atoms with Crippen LogP contribution in [0.2, 0.25) is 0 Å². The molecule has 146 valence electrons. The third kappa shape index (κ3) is 4.34. The summed E-state index contributed by atoms with van der Waals surface area (Å²) in [4.78, 5) is 5.79. The number of aromatic nitrogens is 1. The van der Waals surface area contributed by atoms with E-state index in [9.17, 15) is 0 Å². The molecule has 1 aliphatic carbocycles. The molecule has 0 spiro atoms. The highest BCUT2D eigenvalue weighted by atomic mass is 32.2. The van der Waals surface area contributed by atoms with Crippen molar-refractivity contribution in [2.75, 3.05) is 19.5 Å². The van der Waals surface area contributed by atoms with Crippen LogP contribution < -0.4 is 19.5 Å². The molecule has 1 aliphatic rings. The summed E-state index contributed by atoms with van der Waals surface area (Å²) in [5.74, 6) is 1.59. The fourth-order valence-corrected chi connectivity index (χ4v) is 3.83. The Morgan fingerprint density at radius 1 is 1.07 bits per heavy atom. The Kier molecular flexibility index (Phi) is 5.33. The fourth-order valence-electron chi connectivity index (χ4n) is 2.94. The molecular formula is C22H25N3O2S. The normalized spacial score (nSPS) is 14.7. The van der Waals surface area contributed by atoms with E-state index in [1.165, 1.54) is 17.7 Å². The molecule has 6 heteroatoms. The van der Waals surface area contributed by atoms with E-state index < -0.39 is 0 Å². The lowest BCUT2D eigenvalue weighted by atomic mass is 10.1. The summed E-state index contributed by atoms with van der Waals surface area (Å²) in [6.45, 7) is 2.91. The van der Waals surface area contributed by atoms with E-state index in [1.54, 1.807) is 26.2 Å². The summed E-state index contributed by atoms with van der Waals surface area (Å²) in [7, 11) is 3.33. The van der Waals surface area contributed by atoms with Gasteiger partial charge in [-0.25, -0.2) is 0 Å². The first-order valence-electron chi connectivity index (χ1n) is 9.37. The quantitative estimate of drug-likeness (QED) is 0.523. The van der Waals surface area contributed by atoms with Crippen LogP contribution >= 0.6 is 11.9 Å². The summed E-state index contributed by atoms with van der Waals surface area (Å²) in [5, 5.41) is 4.57. The second kappa shape index (κ2) is 7.89. The molecule has 2 aromatic carbocycles. The average Bonchev–Trinajstić information content (AvgIpc) is 3.47. The third-order valence-corrected chi connectivity index (χ3v) is 6.13. The Hall–Kier alpha value is -2.44. The number of rotatable bonds is 8. The van der Waals surface area contributed by atoms with Gasteiger partial charge in [-0.15, -0.1) is 0 Å². The van der Waals surface area contributed by atoms with Gasteiger partial charge in [-0.3, -0.25) is 9.71 Å². The van der Waals surface area contributed by atoms with Gasteiger partial charge in [0.2, 0.25) is 0 Å². The monoisotopic (exact) mass is 395 g/mol. The van der Waals surface area contributed by atoms with Crippen molar-refractivity contribution in [3.05, 3.63) is 54.2 Å². The second-order valence-corrected chi connectivity index (χ2v) is 8.25. The predicted octanol–water partition coefficient (Wildman–Crippen LogP) is 5.01. The van der Waals surface area contributed by atoms with Crippen LogP contribution in [-0.4, -0.2) is 24.7 Å². The molecule has 3 aromatic rings. The van der Waals surface area contributed by atoms with Crippen molar-refractivity contribution in [1.82, 2.24) is 9.71 Å². The zero-order valence-corrected chi connectivity index (χ0v) is 17.2. The molecule has 1 fully saturated rings. The predicted molar refractivity (Wildman–Crippen MR) is 115 cm³/mol. The molecular weight excluding hydrogens is 370 g/mol. The number of hydrogen-bond donors (Lipinski definition) is 2. The molecule has 1 aromatic heterocycles. The van der Waals surface area contributed by atoms with Gasteiger partial charge in [0.15, 0.2) is 0 Å². The molecule has 0 atom stereocenters. The first-order valence-corrected chi connectivity index (χ1v) is 10.2.